The number of hydrogen-bond acceptors (Lipinski definition) is 3. The molecule has 0 radical (unpaired) electrons. The highest BCUT2D eigenvalue weighted by Crippen LogP contribution is 2.32. The highest BCUT2D eigenvalue weighted by molar-refractivity contribution is 7.89. The van der Waals surface area contributed by atoms with Crippen molar-refractivity contribution >= 4 is 33.2 Å². The van der Waals surface area contributed by atoms with Crippen LogP contribution in [0.5, 0.6) is 0 Å². The van der Waals surface area contributed by atoms with E-state index in [1.54, 1.807) is 38.4 Å². The SMILES string of the molecule is CC(C)N(Cc1cccnc1)S(=O)(=O)c1c(Cl)cccc1Cl. The molecule has 7 heteroatoms. The van der Waals surface area contributed by atoms with Crippen LogP contribution in [0.25, 0.3) is 0 Å². The zero-order chi connectivity index (χ0) is 16.3. The number of aromatic nitrogens is 1. The average molecular weight is 359 g/mol. The van der Waals surface area contributed by atoms with Gasteiger partial charge in [-0.3, -0.25) is 4.98 Å². The van der Waals surface area contributed by atoms with E-state index >= 15 is 0 Å². The Kier molecular flexibility index (Phi) is 5.45. The quantitative estimate of drug-likeness (QED) is 0.811. The van der Waals surface area contributed by atoms with Crippen molar-refractivity contribution in [3.8, 4) is 0 Å². The van der Waals surface area contributed by atoms with E-state index in [0.29, 0.717) is 0 Å². The van der Waals surface area contributed by atoms with Crippen LogP contribution in [-0.4, -0.2) is 23.7 Å². The molecule has 4 nitrogen and oxygen atoms in total. The third-order valence-corrected chi connectivity index (χ3v) is 6.10. The molecule has 0 saturated carbocycles. The molecular formula is C15H16Cl2N2O2S. The Morgan fingerprint density at radius 2 is 1.77 bits per heavy atom. The summed E-state index contributed by atoms with van der Waals surface area (Å²) in [6.07, 6.45) is 3.28. The van der Waals surface area contributed by atoms with E-state index in [2.05, 4.69) is 4.98 Å². The largest absolute Gasteiger partial charge is 0.264 e. The fraction of sp³-hybridized carbons (Fsp3) is 0.267. The number of rotatable bonds is 5. The molecule has 1 aromatic heterocycles. The van der Waals surface area contributed by atoms with Gasteiger partial charge in [0.15, 0.2) is 0 Å². The lowest BCUT2D eigenvalue weighted by Gasteiger charge is -2.26. The predicted molar refractivity (Wildman–Crippen MR) is 88.6 cm³/mol. The normalized spacial score (nSPS) is 12.1. The smallest absolute Gasteiger partial charge is 0.246 e. The van der Waals surface area contributed by atoms with Crippen molar-refractivity contribution in [2.24, 2.45) is 0 Å². The molecule has 1 heterocycles. The standard InChI is InChI=1S/C15H16Cl2N2O2S/c1-11(2)19(10-12-5-4-8-18-9-12)22(20,21)15-13(16)6-3-7-14(15)17/h3-9,11H,10H2,1-2H3. The second kappa shape index (κ2) is 6.96. The van der Waals surface area contributed by atoms with Crippen LogP contribution in [-0.2, 0) is 16.6 Å². The fourth-order valence-electron chi connectivity index (χ4n) is 2.06. The summed E-state index contributed by atoms with van der Waals surface area (Å²) >= 11 is 12.1. The molecule has 0 N–H and O–H groups in total. The minimum Gasteiger partial charge on any atom is -0.264 e. The Hall–Kier alpha value is -1.14. The van der Waals surface area contributed by atoms with Crippen LogP contribution in [0.1, 0.15) is 19.4 Å². The molecule has 118 valence electrons. The number of nitrogens with zero attached hydrogens (tertiary/aromatic N) is 2. The van der Waals surface area contributed by atoms with E-state index < -0.39 is 10.0 Å². The van der Waals surface area contributed by atoms with Crippen LogP contribution in [0.15, 0.2) is 47.6 Å². The van der Waals surface area contributed by atoms with Gasteiger partial charge in [0, 0.05) is 25.0 Å². The molecule has 0 aliphatic heterocycles. The zero-order valence-corrected chi connectivity index (χ0v) is 14.5. The summed E-state index contributed by atoms with van der Waals surface area (Å²) < 4.78 is 27.3. The van der Waals surface area contributed by atoms with Crippen LogP contribution in [0.3, 0.4) is 0 Å². The molecule has 0 spiro atoms. The first kappa shape index (κ1) is 17.2. The maximum Gasteiger partial charge on any atom is 0.246 e. The first-order valence-electron chi connectivity index (χ1n) is 6.69. The first-order valence-corrected chi connectivity index (χ1v) is 8.88. The summed E-state index contributed by atoms with van der Waals surface area (Å²) in [6.45, 7) is 3.81. The van der Waals surface area contributed by atoms with Gasteiger partial charge in [0.1, 0.15) is 4.90 Å². The second-order valence-electron chi connectivity index (χ2n) is 5.06. The van der Waals surface area contributed by atoms with Crippen molar-refractivity contribution in [3.63, 3.8) is 0 Å². The van der Waals surface area contributed by atoms with Gasteiger partial charge in [-0.1, -0.05) is 35.3 Å². The van der Waals surface area contributed by atoms with E-state index in [1.165, 1.54) is 16.4 Å². The molecule has 2 aromatic rings. The van der Waals surface area contributed by atoms with E-state index in [9.17, 15) is 8.42 Å². The van der Waals surface area contributed by atoms with Crippen LogP contribution in [0.2, 0.25) is 10.0 Å². The minimum absolute atomic E-state index is 0.0593. The van der Waals surface area contributed by atoms with E-state index in [0.717, 1.165) is 5.56 Å². The minimum atomic E-state index is -3.82. The summed E-state index contributed by atoms with van der Waals surface area (Å²) in [5.74, 6) is 0. The molecule has 0 fully saturated rings. The van der Waals surface area contributed by atoms with Crippen LogP contribution >= 0.6 is 23.2 Å². The van der Waals surface area contributed by atoms with Gasteiger partial charge >= 0.3 is 0 Å². The number of pyridine rings is 1. The molecule has 0 aliphatic carbocycles. The van der Waals surface area contributed by atoms with Gasteiger partial charge in [-0.25, -0.2) is 8.42 Å². The van der Waals surface area contributed by atoms with E-state index in [4.69, 9.17) is 23.2 Å². The van der Waals surface area contributed by atoms with E-state index in [-0.39, 0.29) is 27.5 Å². The molecule has 0 unspecified atom stereocenters. The lowest BCUT2D eigenvalue weighted by atomic mass is 10.2. The number of benzene rings is 1. The lowest BCUT2D eigenvalue weighted by molar-refractivity contribution is 0.348. The number of hydrogen-bond donors (Lipinski definition) is 0. The molecule has 1 aromatic carbocycles. The summed E-state index contributed by atoms with van der Waals surface area (Å²) in [6, 6.07) is 7.99. The number of sulfonamides is 1. The van der Waals surface area contributed by atoms with Gasteiger partial charge < -0.3 is 0 Å². The predicted octanol–water partition coefficient (Wildman–Crippen LogP) is 3.99. The first-order chi connectivity index (χ1) is 10.3. The number of halogens is 2. The van der Waals surface area contributed by atoms with Gasteiger partial charge in [0.2, 0.25) is 10.0 Å². The molecule has 22 heavy (non-hydrogen) atoms. The summed E-state index contributed by atoms with van der Waals surface area (Å²) in [5.41, 5.74) is 0.794. The monoisotopic (exact) mass is 358 g/mol. The van der Waals surface area contributed by atoms with Crippen molar-refractivity contribution in [1.82, 2.24) is 9.29 Å². The topological polar surface area (TPSA) is 50.3 Å². The van der Waals surface area contributed by atoms with Crippen molar-refractivity contribution < 1.29 is 8.42 Å². The Bertz CT molecular complexity index is 729. The maximum absolute atomic E-state index is 13.0. The fourth-order valence-corrected chi connectivity index (χ4v) is 4.78. The Morgan fingerprint density at radius 1 is 1.14 bits per heavy atom. The Morgan fingerprint density at radius 3 is 2.27 bits per heavy atom. The van der Waals surface area contributed by atoms with Crippen LogP contribution in [0, 0.1) is 0 Å². The highest BCUT2D eigenvalue weighted by atomic mass is 35.5. The molecule has 0 aliphatic rings. The zero-order valence-electron chi connectivity index (χ0n) is 12.2. The van der Waals surface area contributed by atoms with Crippen LogP contribution in [0.4, 0.5) is 0 Å². The van der Waals surface area contributed by atoms with Crippen molar-refractivity contribution in [3.05, 3.63) is 58.3 Å². The highest BCUT2D eigenvalue weighted by Gasteiger charge is 2.31. The van der Waals surface area contributed by atoms with Crippen molar-refractivity contribution in [2.45, 2.75) is 31.3 Å². The molecule has 0 saturated heterocycles. The van der Waals surface area contributed by atoms with Gasteiger partial charge in [-0.05, 0) is 37.6 Å². The summed E-state index contributed by atoms with van der Waals surface area (Å²) in [5, 5.41) is 0.230. The Balaban J connectivity index is 2.48. The molecule has 2 rings (SSSR count). The average Bonchev–Trinajstić information content (AvgIpc) is 2.45. The van der Waals surface area contributed by atoms with Crippen LogP contribution < -0.4 is 0 Å². The van der Waals surface area contributed by atoms with E-state index in [1.807, 2.05) is 6.07 Å². The summed E-state index contributed by atoms with van der Waals surface area (Å²) in [7, 11) is -3.82. The molecule has 0 amide bonds. The molecule has 0 bridgehead atoms. The van der Waals surface area contributed by atoms with Gasteiger partial charge in [-0.15, -0.1) is 0 Å². The lowest BCUT2D eigenvalue weighted by Crippen LogP contribution is -2.36. The third kappa shape index (κ3) is 3.60. The Labute approximate surface area is 140 Å². The van der Waals surface area contributed by atoms with Gasteiger partial charge in [0.25, 0.3) is 0 Å². The van der Waals surface area contributed by atoms with Gasteiger partial charge in [0.05, 0.1) is 10.0 Å². The third-order valence-electron chi connectivity index (χ3n) is 3.12. The van der Waals surface area contributed by atoms with Crippen molar-refractivity contribution in [2.75, 3.05) is 0 Å². The second-order valence-corrected chi connectivity index (χ2v) is 7.70. The maximum atomic E-state index is 13.0. The van der Waals surface area contributed by atoms with Crippen molar-refractivity contribution in [1.29, 1.82) is 0 Å². The molecule has 0 atom stereocenters. The molecular weight excluding hydrogens is 343 g/mol. The summed E-state index contributed by atoms with van der Waals surface area (Å²) in [4.78, 5) is 3.95. The van der Waals surface area contributed by atoms with Gasteiger partial charge in [-0.2, -0.15) is 4.31 Å².